The summed E-state index contributed by atoms with van der Waals surface area (Å²) in [5.41, 5.74) is 9.65. The molecule has 7 nitrogen and oxygen atoms in total. The van der Waals surface area contributed by atoms with Crippen LogP contribution in [-0.4, -0.2) is 23.9 Å². The van der Waals surface area contributed by atoms with Gasteiger partial charge >= 0.3 is 0 Å². The lowest BCUT2D eigenvalue weighted by molar-refractivity contribution is 0.340. The summed E-state index contributed by atoms with van der Waals surface area (Å²) in [6.45, 7) is 2.54. The molecule has 0 aliphatic carbocycles. The van der Waals surface area contributed by atoms with Gasteiger partial charge in [0.15, 0.2) is 0 Å². The molecule has 3 aromatic rings. The number of benzene rings is 2. The molecule has 4 rings (SSSR count). The Labute approximate surface area is 168 Å². The number of fused-ring (bicyclic) bond motifs is 1. The van der Waals surface area contributed by atoms with E-state index in [-0.39, 0.29) is 5.88 Å². The smallest absolute Gasteiger partial charge is 0.244 e. The third kappa shape index (κ3) is 3.25. The van der Waals surface area contributed by atoms with Crippen LogP contribution in [-0.2, 0) is 0 Å². The number of aromatic nitrogens is 2. The van der Waals surface area contributed by atoms with Gasteiger partial charge < -0.3 is 19.9 Å². The van der Waals surface area contributed by atoms with Crippen molar-refractivity contribution in [1.82, 2.24) is 10.2 Å². The summed E-state index contributed by atoms with van der Waals surface area (Å²) >= 11 is 0. The highest BCUT2D eigenvalue weighted by Crippen LogP contribution is 2.46. The van der Waals surface area contributed by atoms with Gasteiger partial charge in [0.2, 0.25) is 11.8 Å². The van der Waals surface area contributed by atoms with Gasteiger partial charge in [0.05, 0.1) is 30.9 Å². The number of nitrogens with zero attached hydrogens (tertiary/aromatic N) is 2. The van der Waals surface area contributed by atoms with Crippen LogP contribution in [0.1, 0.15) is 24.0 Å². The molecule has 1 aliphatic rings. The van der Waals surface area contributed by atoms with Crippen molar-refractivity contribution in [2.45, 2.75) is 12.8 Å². The molecule has 0 fully saturated rings. The van der Waals surface area contributed by atoms with Crippen molar-refractivity contribution in [3.8, 4) is 34.7 Å². The minimum atomic E-state index is -0.431. The van der Waals surface area contributed by atoms with Crippen molar-refractivity contribution >= 4 is 0 Å². The summed E-state index contributed by atoms with van der Waals surface area (Å²) in [6, 6.07) is 17.4. The number of hydrogen-bond acceptors (Lipinski definition) is 6. The highest BCUT2D eigenvalue weighted by Gasteiger charge is 2.35. The molecule has 1 aromatic heterocycles. The number of H-pyrrole nitrogens is 1. The number of methoxy groups -OCH3 is 1. The van der Waals surface area contributed by atoms with Crippen LogP contribution in [0.25, 0.3) is 11.3 Å². The number of nitrogens with two attached hydrogens (primary N) is 1. The van der Waals surface area contributed by atoms with Gasteiger partial charge in [0, 0.05) is 5.56 Å². The number of nitriles is 1. The van der Waals surface area contributed by atoms with Gasteiger partial charge in [-0.25, -0.2) is 0 Å². The molecule has 2 heterocycles. The monoisotopic (exact) mass is 388 g/mol. The average molecular weight is 388 g/mol. The lowest BCUT2D eigenvalue weighted by Gasteiger charge is -2.24. The zero-order valence-electron chi connectivity index (χ0n) is 16.1. The van der Waals surface area contributed by atoms with E-state index in [0.717, 1.165) is 28.1 Å². The number of hydrogen-bond donors (Lipinski definition) is 2. The van der Waals surface area contributed by atoms with Gasteiger partial charge in [0.1, 0.15) is 23.1 Å². The molecule has 0 saturated heterocycles. The van der Waals surface area contributed by atoms with Gasteiger partial charge in [-0.05, 0) is 48.9 Å². The first kappa shape index (κ1) is 18.4. The first-order valence-corrected chi connectivity index (χ1v) is 9.19. The zero-order valence-corrected chi connectivity index (χ0v) is 16.1. The second-order valence-corrected chi connectivity index (χ2v) is 6.48. The quantitative estimate of drug-likeness (QED) is 0.690. The van der Waals surface area contributed by atoms with Crippen LogP contribution in [0.5, 0.6) is 17.4 Å². The van der Waals surface area contributed by atoms with E-state index in [9.17, 15) is 5.26 Å². The molecule has 146 valence electrons. The van der Waals surface area contributed by atoms with E-state index < -0.39 is 5.92 Å². The van der Waals surface area contributed by atoms with Crippen molar-refractivity contribution in [1.29, 1.82) is 5.26 Å². The fourth-order valence-electron chi connectivity index (χ4n) is 3.50. The van der Waals surface area contributed by atoms with Crippen molar-refractivity contribution in [3.63, 3.8) is 0 Å². The maximum Gasteiger partial charge on any atom is 0.244 e. The molecule has 2 aromatic carbocycles. The molecule has 7 heteroatoms. The molecule has 0 bridgehead atoms. The number of ether oxygens (including phenoxy) is 3. The molecular weight excluding hydrogens is 368 g/mol. The van der Waals surface area contributed by atoms with Crippen LogP contribution in [0.4, 0.5) is 0 Å². The van der Waals surface area contributed by atoms with Crippen LogP contribution < -0.4 is 19.9 Å². The second kappa shape index (κ2) is 7.60. The van der Waals surface area contributed by atoms with Crippen molar-refractivity contribution < 1.29 is 14.2 Å². The number of allylic oxidation sites excluding steroid dienone is 1. The normalized spacial score (nSPS) is 15.3. The van der Waals surface area contributed by atoms with E-state index in [0.29, 0.717) is 23.8 Å². The molecule has 0 spiro atoms. The predicted molar refractivity (Wildman–Crippen MR) is 107 cm³/mol. The molecule has 0 radical (unpaired) electrons. The van der Waals surface area contributed by atoms with Gasteiger partial charge in [0.25, 0.3) is 0 Å². The first-order chi connectivity index (χ1) is 14.2. The van der Waals surface area contributed by atoms with Crippen LogP contribution >= 0.6 is 0 Å². The van der Waals surface area contributed by atoms with Gasteiger partial charge in [-0.1, -0.05) is 12.1 Å². The summed E-state index contributed by atoms with van der Waals surface area (Å²) in [5.74, 6) is 1.46. The standard InChI is InChI=1S/C22H20N4O3/c1-3-28-15-9-7-13(8-10-15)20-19-18(14-5-4-6-16(11-14)27-2)17(12-23)21(24)29-22(19)26-25-20/h4-11,18H,3,24H2,1-2H3,(H,25,26). The van der Waals surface area contributed by atoms with Gasteiger partial charge in [-0.3, -0.25) is 5.10 Å². The van der Waals surface area contributed by atoms with Crippen molar-refractivity contribution in [2.24, 2.45) is 5.73 Å². The first-order valence-electron chi connectivity index (χ1n) is 9.19. The van der Waals surface area contributed by atoms with Gasteiger partial charge in [-0.15, -0.1) is 5.10 Å². The molecule has 3 N–H and O–H groups in total. The minimum absolute atomic E-state index is 0.0533. The van der Waals surface area contributed by atoms with E-state index in [4.69, 9.17) is 19.9 Å². The fraction of sp³-hybridized carbons (Fsp3) is 0.182. The number of rotatable bonds is 5. The van der Waals surface area contributed by atoms with Crippen LogP contribution in [0, 0.1) is 11.3 Å². The van der Waals surface area contributed by atoms with Gasteiger partial charge in [-0.2, -0.15) is 5.26 Å². The summed E-state index contributed by atoms with van der Waals surface area (Å²) in [6.07, 6.45) is 0. The summed E-state index contributed by atoms with van der Waals surface area (Å²) in [4.78, 5) is 0. The Morgan fingerprint density at radius 3 is 2.69 bits per heavy atom. The number of nitrogens with one attached hydrogen (secondary N) is 1. The zero-order chi connectivity index (χ0) is 20.4. The van der Waals surface area contributed by atoms with Crippen molar-refractivity contribution in [2.75, 3.05) is 13.7 Å². The molecular formula is C22H20N4O3. The van der Waals surface area contributed by atoms with E-state index in [1.165, 1.54) is 0 Å². The molecule has 1 unspecified atom stereocenters. The fourth-order valence-corrected chi connectivity index (χ4v) is 3.50. The summed E-state index contributed by atoms with van der Waals surface area (Å²) in [7, 11) is 1.60. The van der Waals surface area contributed by atoms with E-state index >= 15 is 0 Å². The third-order valence-corrected chi connectivity index (χ3v) is 4.82. The summed E-state index contributed by atoms with van der Waals surface area (Å²) < 4.78 is 16.5. The SMILES string of the molecule is CCOc1ccc(-c2[nH]nc3c2C(c2cccc(OC)c2)C(C#N)=C(N)O3)cc1. The Morgan fingerprint density at radius 2 is 2.00 bits per heavy atom. The molecule has 1 aliphatic heterocycles. The number of aromatic amines is 1. The lowest BCUT2D eigenvalue weighted by Crippen LogP contribution is -2.21. The molecule has 0 saturated carbocycles. The minimum Gasteiger partial charge on any atom is -0.497 e. The van der Waals surface area contributed by atoms with E-state index in [1.54, 1.807) is 7.11 Å². The van der Waals surface area contributed by atoms with Crippen molar-refractivity contribution in [3.05, 3.63) is 71.1 Å². The molecule has 1 atom stereocenters. The Morgan fingerprint density at radius 1 is 1.21 bits per heavy atom. The van der Waals surface area contributed by atoms with E-state index in [1.807, 2.05) is 55.5 Å². The maximum absolute atomic E-state index is 9.79. The lowest BCUT2D eigenvalue weighted by atomic mass is 9.83. The Kier molecular flexibility index (Phi) is 4.83. The Hall–Kier alpha value is -3.92. The predicted octanol–water partition coefficient (Wildman–Crippen LogP) is 3.70. The van der Waals surface area contributed by atoms with E-state index in [2.05, 4.69) is 16.3 Å². The topological polar surface area (TPSA) is 106 Å². The van der Waals surface area contributed by atoms with Crippen LogP contribution in [0.3, 0.4) is 0 Å². The summed E-state index contributed by atoms with van der Waals surface area (Å²) in [5, 5.41) is 17.1. The Balaban J connectivity index is 1.86. The highest BCUT2D eigenvalue weighted by atomic mass is 16.5. The third-order valence-electron chi connectivity index (χ3n) is 4.82. The average Bonchev–Trinajstić information content (AvgIpc) is 3.16. The Bertz CT molecular complexity index is 1110. The molecule has 29 heavy (non-hydrogen) atoms. The second-order valence-electron chi connectivity index (χ2n) is 6.48. The van der Waals surface area contributed by atoms with Crippen LogP contribution in [0.2, 0.25) is 0 Å². The molecule has 0 amide bonds. The maximum atomic E-state index is 9.79. The largest absolute Gasteiger partial charge is 0.497 e. The van der Waals surface area contributed by atoms with Crippen LogP contribution in [0.15, 0.2) is 60.0 Å². The highest BCUT2D eigenvalue weighted by molar-refractivity contribution is 5.71.